The lowest BCUT2D eigenvalue weighted by molar-refractivity contribution is -0.166. The predicted octanol–water partition coefficient (Wildman–Crippen LogP) is 3.51. The molecule has 0 unspecified atom stereocenters. The third kappa shape index (κ3) is 1.20. The number of rotatable bonds is 0. The molecule has 3 saturated carbocycles. The van der Waals surface area contributed by atoms with Crippen LogP contribution in [0.25, 0.3) is 0 Å². The minimum Gasteiger partial charge on any atom is -0.299 e. The van der Waals surface area contributed by atoms with E-state index in [0.29, 0.717) is 35.2 Å². The first-order valence-electron chi connectivity index (χ1n) is 6.97. The average Bonchev–Trinajstić information content (AvgIpc) is 2.52. The highest BCUT2D eigenvalue weighted by atomic mass is 79.9. The normalized spacial score (nSPS) is 55.6. The molecule has 5 atom stereocenters. The number of ketones is 2. The lowest BCUT2D eigenvalue weighted by Gasteiger charge is -2.55. The first kappa shape index (κ1) is 12.8. The van der Waals surface area contributed by atoms with Gasteiger partial charge in [0, 0.05) is 28.5 Å². The fourth-order valence-corrected chi connectivity index (χ4v) is 5.81. The Bertz CT molecular complexity index is 446. The van der Waals surface area contributed by atoms with Gasteiger partial charge in [0.1, 0.15) is 11.6 Å². The number of halogens is 1. The second kappa shape index (κ2) is 3.47. The van der Waals surface area contributed by atoms with Crippen LogP contribution < -0.4 is 0 Å². The molecule has 0 saturated heterocycles. The van der Waals surface area contributed by atoms with Crippen LogP contribution >= 0.6 is 15.9 Å². The zero-order valence-corrected chi connectivity index (χ0v) is 13.0. The fourth-order valence-electron chi connectivity index (χ4n) is 4.93. The molecule has 1 spiro atoms. The topological polar surface area (TPSA) is 34.1 Å². The van der Waals surface area contributed by atoms with Crippen LogP contribution in [0.1, 0.15) is 52.9 Å². The van der Waals surface area contributed by atoms with Gasteiger partial charge in [-0.15, -0.1) is 0 Å². The Morgan fingerprint density at radius 1 is 1.22 bits per heavy atom. The maximum absolute atomic E-state index is 12.7. The fraction of sp³-hybridized carbons (Fsp3) is 0.867. The van der Waals surface area contributed by atoms with Gasteiger partial charge in [-0.1, -0.05) is 36.7 Å². The lowest BCUT2D eigenvalue weighted by Crippen LogP contribution is -2.59. The molecule has 3 heteroatoms. The Hall–Kier alpha value is -0.180. The summed E-state index contributed by atoms with van der Waals surface area (Å²) in [6.07, 6.45) is 3.95. The van der Waals surface area contributed by atoms with E-state index >= 15 is 0 Å². The Morgan fingerprint density at radius 2 is 1.89 bits per heavy atom. The molecule has 18 heavy (non-hydrogen) atoms. The van der Waals surface area contributed by atoms with E-state index in [0.717, 1.165) is 19.3 Å². The molecule has 0 aromatic heterocycles. The van der Waals surface area contributed by atoms with Crippen molar-refractivity contribution < 1.29 is 9.59 Å². The molecule has 0 radical (unpaired) electrons. The molecule has 3 fully saturated rings. The minimum absolute atomic E-state index is 0.0106. The van der Waals surface area contributed by atoms with Gasteiger partial charge in [0.25, 0.3) is 0 Å². The van der Waals surface area contributed by atoms with Gasteiger partial charge in [0.2, 0.25) is 0 Å². The van der Waals surface area contributed by atoms with Gasteiger partial charge in [0.05, 0.1) is 0 Å². The summed E-state index contributed by atoms with van der Waals surface area (Å²) >= 11 is 3.75. The predicted molar refractivity (Wildman–Crippen MR) is 73.6 cm³/mol. The van der Waals surface area contributed by atoms with Crippen LogP contribution in [0, 0.1) is 22.2 Å². The molecule has 3 rings (SSSR count). The van der Waals surface area contributed by atoms with E-state index in [2.05, 4.69) is 36.7 Å². The standard InChI is InChI=1S/C15H21BrO2/c1-9-4-5-11(17)15-6-10(16)13(2,8-15)7-12(18)14(9,15)3/h9-10H,4-8H2,1-3H3/t9-,10+,13-,14-,15-/m1/s1. The van der Waals surface area contributed by atoms with Gasteiger partial charge < -0.3 is 0 Å². The molecule has 0 heterocycles. The number of carbonyl (C=O) groups is 2. The summed E-state index contributed by atoms with van der Waals surface area (Å²) in [7, 11) is 0. The quantitative estimate of drug-likeness (QED) is 0.641. The summed E-state index contributed by atoms with van der Waals surface area (Å²) in [6, 6.07) is 0. The maximum atomic E-state index is 12.7. The van der Waals surface area contributed by atoms with E-state index < -0.39 is 5.41 Å². The maximum Gasteiger partial charge on any atom is 0.140 e. The smallest absolute Gasteiger partial charge is 0.140 e. The second-order valence-electron chi connectivity index (χ2n) is 7.25. The van der Waals surface area contributed by atoms with Gasteiger partial charge in [-0.05, 0) is 30.6 Å². The highest BCUT2D eigenvalue weighted by Crippen LogP contribution is 2.70. The molecule has 0 aliphatic heterocycles. The Morgan fingerprint density at radius 3 is 2.56 bits per heavy atom. The molecule has 0 N–H and O–H groups in total. The summed E-state index contributed by atoms with van der Waals surface area (Å²) in [6.45, 7) is 6.41. The molecule has 0 amide bonds. The molecule has 0 aromatic carbocycles. The molecule has 2 nitrogen and oxygen atoms in total. The first-order chi connectivity index (χ1) is 8.26. The summed E-state index contributed by atoms with van der Waals surface area (Å²) < 4.78 is 0. The van der Waals surface area contributed by atoms with E-state index in [9.17, 15) is 9.59 Å². The molecule has 0 aromatic rings. The second-order valence-corrected chi connectivity index (χ2v) is 8.36. The number of carbonyl (C=O) groups excluding carboxylic acids is 2. The monoisotopic (exact) mass is 312 g/mol. The van der Waals surface area contributed by atoms with Crippen molar-refractivity contribution in [1.29, 1.82) is 0 Å². The Kier molecular flexibility index (Phi) is 2.48. The molecule has 3 aliphatic carbocycles. The number of fused-ring (bicyclic) bond motifs is 1. The van der Waals surface area contributed by atoms with E-state index in [1.165, 1.54) is 0 Å². The van der Waals surface area contributed by atoms with Crippen molar-refractivity contribution in [3.63, 3.8) is 0 Å². The summed E-state index contributed by atoms with van der Waals surface area (Å²) in [5, 5.41) is 0. The highest BCUT2D eigenvalue weighted by molar-refractivity contribution is 9.09. The van der Waals surface area contributed by atoms with Crippen LogP contribution in [0.15, 0.2) is 0 Å². The molecule has 100 valence electrons. The first-order valence-corrected chi connectivity index (χ1v) is 7.88. The molecule has 2 bridgehead atoms. The van der Waals surface area contributed by atoms with E-state index in [1.807, 2.05) is 0 Å². The number of hydrogen-bond acceptors (Lipinski definition) is 2. The van der Waals surface area contributed by atoms with Crippen molar-refractivity contribution in [3.05, 3.63) is 0 Å². The minimum atomic E-state index is -0.412. The van der Waals surface area contributed by atoms with Gasteiger partial charge in [-0.3, -0.25) is 9.59 Å². The van der Waals surface area contributed by atoms with Gasteiger partial charge in [-0.2, -0.15) is 0 Å². The van der Waals surface area contributed by atoms with Crippen LogP contribution in [-0.2, 0) is 9.59 Å². The van der Waals surface area contributed by atoms with Crippen LogP contribution in [0.5, 0.6) is 0 Å². The van der Waals surface area contributed by atoms with Crippen LogP contribution in [-0.4, -0.2) is 16.4 Å². The number of hydrogen-bond donors (Lipinski definition) is 0. The average molecular weight is 313 g/mol. The van der Waals surface area contributed by atoms with Crippen LogP contribution in [0.4, 0.5) is 0 Å². The van der Waals surface area contributed by atoms with Crippen molar-refractivity contribution in [2.24, 2.45) is 22.2 Å². The van der Waals surface area contributed by atoms with E-state index in [-0.39, 0.29) is 10.8 Å². The van der Waals surface area contributed by atoms with Crippen molar-refractivity contribution in [2.75, 3.05) is 0 Å². The third-order valence-electron chi connectivity index (χ3n) is 6.45. The summed E-state index contributed by atoms with van der Waals surface area (Å²) in [4.78, 5) is 25.7. The summed E-state index contributed by atoms with van der Waals surface area (Å²) in [5.74, 6) is 1.02. The summed E-state index contributed by atoms with van der Waals surface area (Å²) in [5.41, 5.74) is -0.795. The Labute approximate surface area is 117 Å². The van der Waals surface area contributed by atoms with Crippen molar-refractivity contribution >= 4 is 27.5 Å². The van der Waals surface area contributed by atoms with Crippen molar-refractivity contribution in [3.8, 4) is 0 Å². The van der Waals surface area contributed by atoms with Crippen molar-refractivity contribution in [1.82, 2.24) is 0 Å². The van der Waals surface area contributed by atoms with Gasteiger partial charge in [0.15, 0.2) is 0 Å². The lowest BCUT2D eigenvalue weighted by atomic mass is 9.46. The van der Waals surface area contributed by atoms with Crippen LogP contribution in [0.2, 0.25) is 0 Å². The highest BCUT2D eigenvalue weighted by Gasteiger charge is 2.71. The third-order valence-corrected chi connectivity index (χ3v) is 7.88. The molecular formula is C15H21BrO2. The zero-order valence-electron chi connectivity index (χ0n) is 11.4. The Balaban J connectivity index is 2.19. The molecule has 3 aliphatic rings. The van der Waals surface area contributed by atoms with Crippen molar-refractivity contribution in [2.45, 2.75) is 57.7 Å². The largest absolute Gasteiger partial charge is 0.299 e. The van der Waals surface area contributed by atoms with Gasteiger partial charge in [-0.25, -0.2) is 0 Å². The van der Waals surface area contributed by atoms with E-state index in [4.69, 9.17) is 0 Å². The SMILES string of the molecule is C[C@@H]1CCC(=O)[C@]23C[C@H](Br)[C@](C)(CC(=O)[C@@]12C)C3. The van der Waals surface area contributed by atoms with Gasteiger partial charge >= 0.3 is 0 Å². The number of Topliss-reactive ketones (excluding diaryl/α,β-unsaturated/α-hetero) is 2. The number of alkyl halides is 1. The van der Waals surface area contributed by atoms with E-state index in [1.54, 1.807) is 0 Å². The zero-order chi connectivity index (χ0) is 13.3. The molecular weight excluding hydrogens is 292 g/mol. The van der Waals surface area contributed by atoms with Crippen LogP contribution in [0.3, 0.4) is 0 Å².